The van der Waals surface area contributed by atoms with Gasteiger partial charge in [0, 0.05) is 16.8 Å². The van der Waals surface area contributed by atoms with Gasteiger partial charge in [0.1, 0.15) is 11.1 Å². The number of aryl methyl sites for hydroxylation is 2. The van der Waals surface area contributed by atoms with Crippen LogP contribution in [-0.2, 0) is 4.79 Å². The monoisotopic (exact) mass is 463 g/mol. The lowest BCUT2D eigenvalue weighted by atomic mass is 9.99. The van der Waals surface area contributed by atoms with Crippen molar-refractivity contribution in [1.29, 1.82) is 5.26 Å². The molecule has 5 heteroatoms. The molecule has 1 heterocycles. The molecule has 1 N–H and O–H groups in total. The van der Waals surface area contributed by atoms with E-state index in [1.54, 1.807) is 0 Å². The van der Waals surface area contributed by atoms with Crippen LogP contribution >= 0.6 is 11.8 Å². The van der Waals surface area contributed by atoms with Crippen molar-refractivity contribution in [2.75, 3.05) is 5.32 Å². The minimum absolute atomic E-state index is 0.129. The number of pyridine rings is 1. The predicted molar refractivity (Wildman–Crippen MR) is 140 cm³/mol. The lowest BCUT2D eigenvalue weighted by Gasteiger charge is -2.16. The second-order valence-electron chi connectivity index (χ2n) is 8.15. The number of aromatic nitrogens is 1. The minimum atomic E-state index is -0.450. The molecule has 4 rings (SSSR count). The molecule has 0 saturated heterocycles. The number of nitrogens with one attached hydrogen (secondary N) is 1. The van der Waals surface area contributed by atoms with Gasteiger partial charge in [0.05, 0.1) is 16.5 Å². The first-order chi connectivity index (χ1) is 16.5. The van der Waals surface area contributed by atoms with Crippen LogP contribution in [0.25, 0.3) is 22.4 Å². The molecule has 1 atom stereocenters. The van der Waals surface area contributed by atoms with Crippen molar-refractivity contribution < 1.29 is 4.79 Å². The van der Waals surface area contributed by atoms with Crippen molar-refractivity contribution in [1.82, 2.24) is 4.98 Å². The van der Waals surface area contributed by atoms with E-state index in [1.807, 2.05) is 106 Å². The van der Waals surface area contributed by atoms with Gasteiger partial charge in [0.2, 0.25) is 5.91 Å². The van der Waals surface area contributed by atoms with Gasteiger partial charge >= 0.3 is 0 Å². The molecule has 0 aliphatic carbocycles. The Morgan fingerprint density at radius 1 is 0.941 bits per heavy atom. The molecule has 4 aromatic rings. The highest BCUT2D eigenvalue weighted by atomic mass is 32.2. The van der Waals surface area contributed by atoms with Crippen LogP contribution in [0, 0.1) is 25.2 Å². The summed E-state index contributed by atoms with van der Waals surface area (Å²) in [7, 11) is 0. The molecule has 0 aliphatic rings. The lowest BCUT2D eigenvalue weighted by Crippen LogP contribution is -2.23. The summed E-state index contributed by atoms with van der Waals surface area (Å²) >= 11 is 1.30. The Bertz CT molecular complexity index is 1360. The van der Waals surface area contributed by atoms with Crippen LogP contribution in [0.1, 0.15) is 23.6 Å². The number of thioether (sulfide) groups is 1. The number of nitriles is 1. The Labute approximate surface area is 204 Å². The quantitative estimate of drug-likeness (QED) is 0.312. The molecule has 0 radical (unpaired) electrons. The van der Waals surface area contributed by atoms with E-state index < -0.39 is 5.25 Å². The predicted octanol–water partition coefficient (Wildman–Crippen LogP) is 7.02. The van der Waals surface area contributed by atoms with Crippen molar-refractivity contribution in [2.45, 2.75) is 31.0 Å². The molecule has 0 saturated carbocycles. The van der Waals surface area contributed by atoms with Crippen LogP contribution < -0.4 is 5.32 Å². The van der Waals surface area contributed by atoms with Gasteiger partial charge in [0.15, 0.2) is 0 Å². The van der Waals surface area contributed by atoms with Crippen LogP contribution in [0.2, 0.25) is 0 Å². The summed E-state index contributed by atoms with van der Waals surface area (Å²) in [5, 5.41) is 13.2. The maximum absolute atomic E-state index is 13.0. The number of rotatable bonds is 6. The third-order valence-corrected chi connectivity index (χ3v) is 6.65. The third-order valence-electron chi connectivity index (χ3n) is 5.56. The second kappa shape index (κ2) is 10.4. The van der Waals surface area contributed by atoms with E-state index in [-0.39, 0.29) is 5.91 Å². The average molecular weight is 464 g/mol. The number of nitrogens with zero attached hydrogens (tertiary/aromatic N) is 2. The molecule has 0 bridgehead atoms. The second-order valence-corrected chi connectivity index (χ2v) is 9.48. The van der Waals surface area contributed by atoms with Gasteiger partial charge in [-0.05, 0) is 49.6 Å². The van der Waals surface area contributed by atoms with Gasteiger partial charge in [-0.2, -0.15) is 5.26 Å². The van der Waals surface area contributed by atoms with Crippen molar-refractivity contribution in [2.24, 2.45) is 0 Å². The molecule has 1 amide bonds. The zero-order chi connectivity index (χ0) is 24.1. The molecule has 0 spiro atoms. The van der Waals surface area contributed by atoms with E-state index in [1.165, 1.54) is 11.8 Å². The number of hydrogen-bond acceptors (Lipinski definition) is 4. The topological polar surface area (TPSA) is 65.8 Å². The first-order valence-electron chi connectivity index (χ1n) is 11.1. The van der Waals surface area contributed by atoms with E-state index in [0.29, 0.717) is 10.6 Å². The van der Waals surface area contributed by atoms with Crippen LogP contribution in [-0.4, -0.2) is 16.1 Å². The maximum Gasteiger partial charge on any atom is 0.237 e. The SMILES string of the molecule is Cc1ccc(C)c(NC(=O)C(C)Sc2nc(-c3ccccc3)cc(-c3ccccc3)c2C#N)c1. The molecule has 0 aliphatic heterocycles. The largest absolute Gasteiger partial charge is 0.325 e. The average Bonchev–Trinajstić information content (AvgIpc) is 2.86. The summed E-state index contributed by atoms with van der Waals surface area (Å²) in [6, 6.07) is 30.0. The van der Waals surface area contributed by atoms with Crippen molar-refractivity contribution in [3.8, 4) is 28.5 Å². The van der Waals surface area contributed by atoms with Crippen LogP contribution in [0.15, 0.2) is 90.0 Å². The summed E-state index contributed by atoms with van der Waals surface area (Å²) in [5.74, 6) is -0.129. The molecular formula is C29H25N3OS. The number of anilines is 1. The highest BCUT2D eigenvalue weighted by Gasteiger charge is 2.22. The van der Waals surface area contributed by atoms with Gasteiger partial charge in [-0.25, -0.2) is 4.98 Å². The number of benzene rings is 3. The van der Waals surface area contributed by atoms with Gasteiger partial charge in [-0.1, -0.05) is 84.6 Å². The first-order valence-corrected chi connectivity index (χ1v) is 11.9. The highest BCUT2D eigenvalue weighted by molar-refractivity contribution is 8.00. The standard InChI is InChI=1S/C29H25N3OS/c1-19-14-15-20(2)26(16-19)31-28(33)21(3)34-29-25(18-30)24(22-10-6-4-7-11-22)17-27(32-29)23-12-8-5-9-13-23/h4-17,21H,1-3H3,(H,31,33). The molecule has 1 unspecified atom stereocenters. The minimum Gasteiger partial charge on any atom is -0.325 e. The van der Waals surface area contributed by atoms with Crippen molar-refractivity contribution in [3.63, 3.8) is 0 Å². The fourth-order valence-electron chi connectivity index (χ4n) is 3.64. The summed E-state index contributed by atoms with van der Waals surface area (Å²) in [6.45, 7) is 5.81. The molecular weight excluding hydrogens is 438 g/mol. The number of carbonyl (C=O) groups is 1. The Balaban J connectivity index is 1.72. The molecule has 34 heavy (non-hydrogen) atoms. The van der Waals surface area contributed by atoms with E-state index in [2.05, 4.69) is 11.4 Å². The fraction of sp³-hybridized carbons (Fsp3) is 0.138. The molecule has 1 aromatic heterocycles. The first kappa shape index (κ1) is 23.3. The molecule has 3 aromatic carbocycles. The van der Waals surface area contributed by atoms with Gasteiger partial charge in [-0.15, -0.1) is 0 Å². The summed E-state index contributed by atoms with van der Waals surface area (Å²) in [5.41, 5.74) is 6.83. The van der Waals surface area contributed by atoms with E-state index >= 15 is 0 Å². The van der Waals surface area contributed by atoms with E-state index in [4.69, 9.17) is 4.98 Å². The maximum atomic E-state index is 13.0. The number of hydrogen-bond donors (Lipinski definition) is 1. The Hall–Kier alpha value is -3.88. The molecule has 4 nitrogen and oxygen atoms in total. The third kappa shape index (κ3) is 5.19. The van der Waals surface area contributed by atoms with Crippen molar-refractivity contribution >= 4 is 23.4 Å². The van der Waals surface area contributed by atoms with Gasteiger partial charge < -0.3 is 5.32 Å². The smallest absolute Gasteiger partial charge is 0.237 e. The van der Waals surface area contributed by atoms with Crippen LogP contribution in [0.4, 0.5) is 5.69 Å². The molecule has 0 fully saturated rings. The normalized spacial score (nSPS) is 11.5. The van der Waals surface area contributed by atoms with E-state index in [0.717, 1.165) is 39.2 Å². The summed E-state index contributed by atoms with van der Waals surface area (Å²) < 4.78 is 0. The number of carbonyl (C=O) groups excluding carboxylic acids is 1. The number of amides is 1. The van der Waals surface area contributed by atoms with Crippen LogP contribution in [0.3, 0.4) is 0 Å². The van der Waals surface area contributed by atoms with E-state index in [9.17, 15) is 10.1 Å². The Morgan fingerprint density at radius 3 is 2.24 bits per heavy atom. The molecule has 168 valence electrons. The summed E-state index contributed by atoms with van der Waals surface area (Å²) in [4.78, 5) is 17.9. The summed E-state index contributed by atoms with van der Waals surface area (Å²) in [6.07, 6.45) is 0. The fourth-order valence-corrected chi connectivity index (χ4v) is 4.57. The Morgan fingerprint density at radius 2 is 1.59 bits per heavy atom. The highest BCUT2D eigenvalue weighted by Crippen LogP contribution is 2.36. The zero-order valence-electron chi connectivity index (χ0n) is 19.4. The van der Waals surface area contributed by atoms with Gasteiger partial charge in [-0.3, -0.25) is 4.79 Å². The van der Waals surface area contributed by atoms with Crippen molar-refractivity contribution in [3.05, 3.63) is 102 Å². The van der Waals surface area contributed by atoms with Gasteiger partial charge in [0.25, 0.3) is 0 Å². The Kier molecular flexibility index (Phi) is 7.10. The van der Waals surface area contributed by atoms with Crippen LogP contribution in [0.5, 0.6) is 0 Å². The lowest BCUT2D eigenvalue weighted by molar-refractivity contribution is -0.115. The zero-order valence-corrected chi connectivity index (χ0v) is 20.2.